The number of carbonyl (C=O) groups excluding carboxylic acids is 2. The van der Waals surface area contributed by atoms with Crippen LogP contribution in [-0.4, -0.2) is 26.3 Å². The monoisotopic (exact) mass is 354 g/mol. The topological polar surface area (TPSA) is 124 Å². The van der Waals surface area contributed by atoms with Crippen molar-refractivity contribution in [3.05, 3.63) is 53.1 Å². The molecular formula is C17H18N6O3. The number of fused-ring (bicyclic) bond motifs is 1. The number of rotatable bonds is 5. The number of carbonyl (C=O) groups is 2. The maximum Gasteiger partial charge on any atom is 0.324 e. The molecule has 0 saturated heterocycles. The molecular weight excluding hydrogens is 336 g/mol. The van der Waals surface area contributed by atoms with E-state index in [1.807, 2.05) is 0 Å². The van der Waals surface area contributed by atoms with Crippen molar-refractivity contribution in [1.82, 2.24) is 14.3 Å². The summed E-state index contributed by atoms with van der Waals surface area (Å²) < 4.78 is 2.99. The fraction of sp³-hybridized carbons (Fsp3) is 0.176. The van der Waals surface area contributed by atoms with Gasteiger partial charge in [0.15, 0.2) is 5.82 Å². The van der Waals surface area contributed by atoms with E-state index >= 15 is 0 Å². The van der Waals surface area contributed by atoms with Gasteiger partial charge in [0.1, 0.15) is 0 Å². The Hall–Kier alpha value is -3.62. The van der Waals surface area contributed by atoms with Crippen LogP contribution < -0.4 is 21.9 Å². The van der Waals surface area contributed by atoms with Crippen LogP contribution in [0, 0.1) is 0 Å². The first kappa shape index (κ1) is 17.2. The third-order valence-electron chi connectivity index (χ3n) is 3.84. The maximum absolute atomic E-state index is 12.2. The molecule has 0 atom stereocenters. The maximum atomic E-state index is 12.2. The molecule has 0 aliphatic rings. The number of benzene rings is 1. The third-order valence-corrected chi connectivity index (χ3v) is 3.84. The second-order valence-electron chi connectivity index (χ2n) is 5.76. The molecule has 0 fully saturated rings. The van der Waals surface area contributed by atoms with E-state index in [2.05, 4.69) is 15.7 Å². The fourth-order valence-corrected chi connectivity index (χ4v) is 2.53. The van der Waals surface area contributed by atoms with Crippen LogP contribution in [0.2, 0.25) is 0 Å². The van der Waals surface area contributed by atoms with Crippen LogP contribution in [0.1, 0.15) is 6.42 Å². The van der Waals surface area contributed by atoms with E-state index in [0.717, 1.165) is 0 Å². The average molecular weight is 354 g/mol. The molecule has 26 heavy (non-hydrogen) atoms. The highest BCUT2D eigenvalue weighted by Crippen LogP contribution is 2.20. The van der Waals surface area contributed by atoms with Crippen molar-refractivity contribution in [3.8, 4) is 0 Å². The molecule has 9 heteroatoms. The number of aryl methyl sites for hydroxylation is 2. The third kappa shape index (κ3) is 3.72. The van der Waals surface area contributed by atoms with E-state index < -0.39 is 11.9 Å². The molecule has 1 aromatic carbocycles. The van der Waals surface area contributed by atoms with Gasteiger partial charge in [-0.25, -0.2) is 4.79 Å². The summed E-state index contributed by atoms with van der Waals surface area (Å²) in [5.41, 5.74) is 5.48. The van der Waals surface area contributed by atoms with Crippen molar-refractivity contribution < 1.29 is 9.59 Å². The highest BCUT2D eigenvalue weighted by Gasteiger charge is 2.10. The number of nitrogens with zero attached hydrogens (tertiary/aromatic N) is 3. The van der Waals surface area contributed by atoms with Crippen LogP contribution in [0.3, 0.4) is 0 Å². The standard InChI is InChI=1S/C17H18N6O3/c1-22-8-5-11-12(16(22)25)3-2-4-13(11)19-17(26)20-15-7-10-23(21-15)9-6-14(18)24/h2-5,7-8,10H,6,9H2,1H3,(H2,18,24)(H2,19,20,21,26). The fourth-order valence-electron chi connectivity index (χ4n) is 2.53. The van der Waals surface area contributed by atoms with Crippen molar-refractivity contribution in [2.24, 2.45) is 12.8 Å². The van der Waals surface area contributed by atoms with Crippen LogP contribution in [-0.2, 0) is 18.4 Å². The Kier molecular flexibility index (Phi) is 4.70. The summed E-state index contributed by atoms with van der Waals surface area (Å²) in [5.74, 6) is -0.0852. The molecule has 2 aromatic heterocycles. The van der Waals surface area contributed by atoms with Crippen LogP contribution in [0.15, 0.2) is 47.5 Å². The van der Waals surface area contributed by atoms with Gasteiger partial charge >= 0.3 is 6.03 Å². The van der Waals surface area contributed by atoms with E-state index in [-0.39, 0.29) is 12.0 Å². The van der Waals surface area contributed by atoms with E-state index in [4.69, 9.17) is 5.73 Å². The molecule has 0 radical (unpaired) electrons. The molecule has 134 valence electrons. The highest BCUT2D eigenvalue weighted by molar-refractivity contribution is 6.05. The summed E-state index contributed by atoms with van der Waals surface area (Å²) in [7, 11) is 1.67. The second-order valence-corrected chi connectivity index (χ2v) is 5.76. The lowest BCUT2D eigenvalue weighted by Crippen LogP contribution is -2.21. The first-order valence-electron chi connectivity index (χ1n) is 7.92. The smallest absolute Gasteiger partial charge is 0.324 e. The molecule has 0 aliphatic heterocycles. The molecule has 0 unspecified atom stereocenters. The largest absolute Gasteiger partial charge is 0.370 e. The number of pyridine rings is 1. The summed E-state index contributed by atoms with van der Waals surface area (Å²) in [5, 5.41) is 10.6. The number of nitrogens with one attached hydrogen (secondary N) is 2. The van der Waals surface area contributed by atoms with E-state index in [1.165, 1.54) is 9.25 Å². The van der Waals surface area contributed by atoms with Crippen molar-refractivity contribution in [1.29, 1.82) is 0 Å². The zero-order valence-corrected chi connectivity index (χ0v) is 14.1. The number of primary amides is 1. The van der Waals surface area contributed by atoms with Gasteiger partial charge in [-0.1, -0.05) is 6.07 Å². The summed E-state index contributed by atoms with van der Waals surface area (Å²) in [4.78, 5) is 35.2. The van der Waals surface area contributed by atoms with E-state index in [1.54, 1.807) is 49.8 Å². The second kappa shape index (κ2) is 7.09. The SMILES string of the molecule is Cn1ccc2c(NC(=O)Nc3ccn(CCC(N)=O)n3)cccc2c1=O. The molecule has 0 saturated carbocycles. The van der Waals surface area contributed by atoms with Gasteiger partial charge in [0.05, 0.1) is 5.69 Å². The van der Waals surface area contributed by atoms with Crippen LogP contribution in [0.5, 0.6) is 0 Å². The minimum absolute atomic E-state index is 0.139. The first-order chi connectivity index (χ1) is 12.4. The summed E-state index contributed by atoms with van der Waals surface area (Å²) >= 11 is 0. The normalized spacial score (nSPS) is 10.7. The van der Waals surface area contributed by atoms with E-state index in [9.17, 15) is 14.4 Å². The summed E-state index contributed by atoms with van der Waals surface area (Å²) in [6.07, 6.45) is 3.45. The van der Waals surface area contributed by atoms with Gasteiger partial charge in [0.2, 0.25) is 5.91 Å². The Balaban J connectivity index is 1.73. The zero-order valence-electron chi connectivity index (χ0n) is 14.1. The quantitative estimate of drug-likeness (QED) is 0.638. The Morgan fingerprint density at radius 3 is 2.69 bits per heavy atom. The number of urea groups is 1. The first-order valence-corrected chi connectivity index (χ1v) is 7.92. The molecule has 3 amide bonds. The lowest BCUT2D eigenvalue weighted by molar-refractivity contribution is -0.118. The Morgan fingerprint density at radius 1 is 1.12 bits per heavy atom. The number of hydrogen-bond acceptors (Lipinski definition) is 4. The zero-order chi connectivity index (χ0) is 18.7. The Labute approximate surface area is 148 Å². The van der Waals surface area contributed by atoms with Crippen molar-refractivity contribution in [2.75, 3.05) is 10.6 Å². The lowest BCUT2D eigenvalue weighted by Gasteiger charge is -2.09. The Morgan fingerprint density at radius 2 is 1.92 bits per heavy atom. The molecule has 2 heterocycles. The minimum atomic E-state index is -0.488. The number of nitrogens with two attached hydrogens (primary N) is 1. The number of aromatic nitrogens is 3. The van der Waals surface area contributed by atoms with Gasteiger partial charge in [-0.15, -0.1) is 0 Å². The molecule has 0 bridgehead atoms. The summed E-state index contributed by atoms with van der Waals surface area (Å²) in [6.45, 7) is 0.339. The van der Waals surface area contributed by atoms with Crippen LogP contribution in [0.25, 0.3) is 10.8 Å². The minimum Gasteiger partial charge on any atom is -0.370 e. The van der Waals surface area contributed by atoms with Gasteiger partial charge in [-0.2, -0.15) is 5.10 Å². The van der Waals surface area contributed by atoms with Gasteiger partial charge in [-0.3, -0.25) is 19.6 Å². The predicted molar refractivity (Wildman–Crippen MR) is 97.9 cm³/mol. The summed E-state index contributed by atoms with van der Waals surface area (Å²) in [6, 6.07) is 8.02. The Bertz CT molecular complexity index is 1040. The van der Waals surface area contributed by atoms with Crippen LogP contribution >= 0.6 is 0 Å². The average Bonchev–Trinajstić information content (AvgIpc) is 3.04. The van der Waals surface area contributed by atoms with Crippen molar-refractivity contribution >= 4 is 34.2 Å². The van der Waals surface area contributed by atoms with Gasteiger partial charge < -0.3 is 15.6 Å². The number of hydrogen-bond donors (Lipinski definition) is 3. The molecule has 0 aliphatic carbocycles. The van der Waals surface area contributed by atoms with Gasteiger partial charge in [-0.05, 0) is 18.2 Å². The van der Waals surface area contributed by atoms with E-state index in [0.29, 0.717) is 28.8 Å². The molecule has 9 nitrogen and oxygen atoms in total. The molecule has 4 N–H and O–H groups in total. The van der Waals surface area contributed by atoms with Gasteiger partial charge in [0.25, 0.3) is 5.56 Å². The van der Waals surface area contributed by atoms with Gasteiger partial charge in [0, 0.05) is 49.2 Å². The number of amides is 3. The van der Waals surface area contributed by atoms with Crippen LogP contribution in [0.4, 0.5) is 16.3 Å². The predicted octanol–water partition coefficient (Wildman–Crippen LogP) is 1.25. The molecule has 0 spiro atoms. The van der Waals surface area contributed by atoms with Crippen molar-refractivity contribution in [3.63, 3.8) is 0 Å². The highest BCUT2D eigenvalue weighted by atomic mass is 16.2. The number of anilines is 2. The molecule has 3 rings (SSSR count). The molecule has 3 aromatic rings. The lowest BCUT2D eigenvalue weighted by atomic mass is 10.1. The van der Waals surface area contributed by atoms with Crippen molar-refractivity contribution in [2.45, 2.75) is 13.0 Å².